The quantitative estimate of drug-likeness (QED) is 0.885. The van der Waals surface area contributed by atoms with Crippen LogP contribution < -0.4 is 5.32 Å². The van der Waals surface area contributed by atoms with E-state index in [0.29, 0.717) is 0 Å². The largest absolute Gasteiger partial charge is 0.315 e. The number of aromatic nitrogens is 1. The molecule has 1 aliphatic carbocycles. The molecule has 4 nitrogen and oxygen atoms in total. The summed E-state index contributed by atoms with van der Waals surface area (Å²) in [6.07, 6.45) is 2.68. The van der Waals surface area contributed by atoms with Gasteiger partial charge in [0.05, 0.1) is 12.2 Å². The average Bonchev–Trinajstić information content (AvgIpc) is 3.17. The van der Waals surface area contributed by atoms with Crippen LogP contribution in [0.3, 0.4) is 0 Å². The number of thiazole rings is 1. The van der Waals surface area contributed by atoms with Crippen LogP contribution in [0.15, 0.2) is 0 Å². The Balaban J connectivity index is 1.65. The second-order valence-corrected chi connectivity index (χ2v) is 6.97. The standard InChI is InChI=1S/C14H24N4S/c1-15-9-12-14(11-3-4-11)16-13(19-12)10-18-7-5-17(2)6-8-18/h11,15H,3-10H2,1-2H3. The highest BCUT2D eigenvalue weighted by Gasteiger charge is 2.29. The third-order valence-corrected chi connectivity index (χ3v) is 5.08. The molecule has 0 amide bonds. The second-order valence-electron chi connectivity index (χ2n) is 5.80. The summed E-state index contributed by atoms with van der Waals surface area (Å²) in [7, 11) is 4.23. The number of likely N-dealkylation sites (N-methyl/N-ethyl adjacent to an activating group) is 1. The Bertz CT molecular complexity index is 419. The Morgan fingerprint density at radius 3 is 2.63 bits per heavy atom. The molecule has 5 heteroatoms. The summed E-state index contributed by atoms with van der Waals surface area (Å²) in [4.78, 5) is 11.3. The zero-order valence-electron chi connectivity index (χ0n) is 12.0. The first kappa shape index (κ1) is 13.5. The normalized spacial score (nSPS) is 22.0. The van der Waals surface area contributed by atoms with Gasteiger partial charge in [-0.15, -0.1) is 11.3 Å². The topological polar surface area (TPSA) is 31.4 Å². The lowest BCUT2D eigenvalue weighted by atomic mass is 10.2. The molecular formula is C14H24N4S. The Kier molecular flexibility index (Phi) is 4.17. The van der Waals surface area contributed by atoms with Crippen LogP contribution in [0.1, 0.15) is 34.3 Å². The van der Waals surface area contributed by atoms with E-state index in [1.165, 1.54) is 54.6 Å². The third kappa shape index (κ3) is 3.34. The van der Waals surface area contributed by atoms with Crippen molar-refractivity contribution in [2.24, 2.45) is 0 Å². The van der Waals surface area contributed by atoms with Crippen LogP contribution in [0, 0.1) is 0 Å². The van der Waals surface area contributed by atoms with Crippen LogP contribution in [-0.4, -0.2) is 55.1 Å². The van der Waals surface area contributed by atoms with E-state index < -0.39 is 0 Å². The fourth-order valence-corrected chi connectivity index (χ4v) is 3.85. The van der Waals surface area contributed by atoms with Crippen LogP contribution in [0.2, 0.25) is 0 Å². The maximum Gasteiger partial charge on any atom is 0.107 e. The third-order valence-electron chi connectivity index (χ3n) is 4.03. The molecular weight excluding hydrogens is 256 g/mol. The highest BCUT2D eigenvalue weighted by Crippen LogP contribution is 2.42. The van der Waals surface area contributed by atoms with Gasteiger partial charge in [0.2, 0.25) is 0 Å². The highest BCUT2D eigenvalue weighted by atomic mass is 32.1. The smallest absolute Gasteiger partial charge is 0.107 e. The van der Waals surface area contributed by atoms with Crippen LogP contribution in [0.25, 0.3) is 0 Å². The van der Waals surface area contributed by atoms with Crippen molar-refractivity contribution in [1.29, 1.82) is 0 Å². The molecule has 19 heavy (non-hydrogen) atoms. The van der Waals surface area contributed by atoms with Gasteiger partial charge in [0.1, 0.15) is 5.01 Å². The molecule has 1 aromatic rings. The fraction of sp³-hybridized carbons (Fsp3) is 0.786. The van der Waals surface area contributed by atoms with E-state index in [1.54, 1.807) is 0 Å². The van der Waals surface area contributed by atoms with E-state index in [1.807, 2.05) is 18.4 Å². The van der Waals surface area contributed by atoms with Crippen molar-refractivity contribution in [3.8, 4) is 0 Å². The fourth-order valence-electron chi connectivity index (χ4n) is 2.64. The first-order valence-electron chi connectivity index (χ1n) is 7.30. The molecule has 106 valence electrons. The lowest BCUT2D eigenvalue weighted by Crippen LogP contribution is -2.43. The summed E-state index contributed by atoms with van der Waals surface area (Å²) in [5, 5.41) is 4.60. The molecule has 1 aliphatic heterocycles. The zero-order chi connectivity index (χ0) is 13.2. The van der Waals surface area contributed by atoms with E-state index in [4.69, 9.17) is 4.98 Å². The minimum absolute atomic E-state index is 0.765. The number of nitrogens with zero attached hydrogens (tertiary/aromatic N) is 3. The highest BCUT2D eigenvalue weighted by molar-refractivity contribution is 7.11. The van der Waals surface area contributed by atoms with Gasteiger partial charge < -0.3 is 10.2 Å². The lowest BCUT2D eigenvalue weighted by Gasteiger charge is -2.31. The van der Waals surface area contributed by atoms with Gasteiger partial charge in [-0.1, -0.05) is 0 Å². The van der Waals surface area contributed by atoms with Gasteiger partial charge in [0.15, 0.2) is 0 Å². The SMILES string of the molecule is CNCc1sc(CN2CCN(C)CC2)nc1C1CC1. The summed E-state index contributed by atoms with van der Waals surface area (Å²) < 4.78 is 0. The minimum Gasteiger partial charge on any atom is -0.315 e. The van der Waals surface area contributed by atoms with E-state index in [0.717, 1.165) is 19.0 Å². The molecule has 1 aromatic heterocycles. The molecule has 0 bridgehead atoms. The number of hydrogen-bond acceptors (Lipinski definition) is 5. The zero-order valence-corrected chi connectivity index (χ0v) is 12.8. The van der Waals surface area contributed by atoms with Crippen molar-refractivity contribution in [2.45, 2.75) is 31.8 Å². The molecule has 0 radical (unpaired) electrons. The van der Waals surface area contributed by atoms with Crippen LogP contribution in [-0.2, 0) is 13.1 Å². The van der Waals surface area contributed by atoms with Gasteiger partial charge in [-0.2, -0.15) is 0 Å². The number of nitrogens with one attached hydrogen (secondary N) is 1. The molecule has 0 unspecified atom stereocenters. The second kappa shape index (κ2) is 5.87. The molecule has 0 aromatic carbocycles. The van der Waals surface area contributed by atoms with E-state index in [-0.39, 0.29) is 0 Å². The Hall–Kier alpha value is -0.490. The maximum atomic E-state index is 4.93. The van der Waals surface area contributed by atoms with Crippen molar-refractivity contribution >= 4 is 11.3 Å². The van der Waals surface area contributed by atoms with Crippen molar-refractivity contribution in [3.05, 3.63) is 15.6 Å². The van der Waals surface area contributed by atoms with E-state index >= 15 is 0 Å². The van der Waals surface area contributed by atoms with Crippen LogP contribution in [0.4, 0.5) is 0 Å². The summed E-state index contributed by atoms with van der Waals surface area (Å²) in [5.74, 6) is 0.765. The molecule has 0 atom stereocenters. The molecule has 1 saturated carbocycles. The molecule has 3 rings (SSSR count). The predicted octanol–water partition coefficient (Wildman–Crippen LogP) is 1.49. The molecule has 0 spiro atoms. The Labute approximate surface area is 119 Å². The summed E-state index contributed by atoms with van der Waals surface area (Å²) in [6.45, 7) is 6.75. The summed E-state index contributed by atoms with van der Waals surface area (Å²) in [6, 6.07) is 0. The van der Waals surface area contributed by atoms with Gasteiger partial charge >= 0.3 is 0 Å². The van der Waals surface area contributed by atoms with Crippen molar-refractivity contribution in [2.75, 3.05) is 40.3 Å². The lowest BCUT2D eigenvalue weighted by molar-refractivity contribution is 0.148. The van der Waals surface area contributed by atoms with Crippen molar-refractivity contribution < 1.29 is 0 Å². The summed E-state index contributed by atoms with van der Waals surface area (Å²) >= 11 is 1.92. The molecule has 2 fully saturated rings. The maximum absolute atomic E-state index is 4.93. The minimum atomic E-state index is 0.765. The van der Waals surface area contributed by atoms with Gasteiger partial charge in [-0.05, 0) is 26.9 Å². The van der Waals surface area contributed by atoms with Crippen LogP contribution >= 0.6 is 11.3 Å². The number of hydrogen-bond donors (Lipinski definition) is 1. The first-order valence-corrected chi connectivity index (χ1v) is 8.12. The molecule has 2 aliphatic rings. The van der Waals surface area contributed by atoms with Crippen molar-refractivity contribution in [3.63, 3.8) is 0 Å². The van der Waals surface area contributed by atoms with Gasteiger partial charge in [0.25, 0.3) is 0 Å². The van der Waals surface area contributed by atoms with E-state index in [9.17, 15) is 0 Å². The van der Waals surface area contributed by atoms with Gasteiger partial charge in [0, 0.05) is 43.5 Å². The summed E-state index contributed by atoms with van der Waals surface area (Å²) in [5.41, 5.74) is 1.39. The molecule has 2 heterocycles. The van der Waals surface area contributed by atoms with Crippen molar-refractivity contribution in [1.82, 2.24) is 20.1 Å². The Morgan fingerprint density at radius 1 is 1.26 bits per heavy atom. The first-order chi connectivity index (χ1) is 9.26. The predicted molar refractivity (Wildman–Crippen MR) is 79.6 cm³/mol. The number of rotatable bonds is 5. The van der Waals surface area contributed by atoms with Crippen LogP contribution in [0.5, 0.6) is 0 Å². The Morgan fingerprint density at radius 2 is 2.00 bits per heavy atom. The average molecular weight is 280 g/mol. The number of piperazine rings is 1. The molecule has 1 saturated heterocycles. The van der Waals surface area contributed by atoms with Gasteiger partial charge in [-0.3, -0.25) is 4.90 Å². The van der Waals surface area contributed by atoms with Gasteiger partial charge in [-0.25, -0.2) is 4.98 Å². The molecule has 1 N–H and O–H groups in total. The van der Waals surface area contributed by atoms with E-state index in [2.05, 4.69) is 22.2 Å². The monoisotopic (exact) mass is 280 g/mol.